The topological polar surface area (TPSA) is 52.3 Å². The Bertz CT molecular complexity index is 254. The molecular formula is C12H23NO2. The van der Waals surface area contributed by atoms with E-state index in [-0.39, 0.29) is 11.4 Å². The number of hydrogen-bond donors (Lipinski definition) is 1. The molecule has 0 atom stereocenters. The number of hydrogen-bond acceptors (Lipinski definition) is 3. The maximum absolute atomic E-state index is 11.4. The normalized spacial score (nSPS) is 13.9. The van der Waals surface area contributed by atoms with E-state index in [0.717, 1.165) is 0 Å². The van der Waals surface area contributed by atoms with E-state index >= 15 is 0 Å². The molecule has 0 aromatic carbocycles. The second-order valence-corrected chi connectivity index (χ2v) is 5.99. The summed E-state index contributed by atoms with van der Waals surface area (Å²) in [5.74, 6) is -0.371. The lowest BCUT2D eigenvalue weighted by Gasteiger charge is -2.20. The van der Waals surface area contributed by atoms with E-state index in [1.54, 1.807) is 0 Å². The minimum absolute atomic E-state index is 0.0859. The van der Waals surface area contributed by atoms with Gasteiger partial charge in [-0.05, 0) is 32.6 Å². The van der Waals surface area contributed by atoms with Crippen molar-refractivity contribution in [1.82, 2.24) is 0 Å². The molecule has 0 rings (SSSR count). The maximum atomic E-state index is 11.4. The number of allylic oxidation sites excluding steroid dienone is 1. The number of carbonyl (C=O) groups excluding carboxylic acids is 1. The molecule has 0 aromatic rings. The molecule has 0 aliphatic carbocycles. The summed E-state index contributed by atoms with van der Waals surface area (Å²) in [5.41, 5.74) is 5.93. The van der Waals surface area contributed by atoms with Crippen molar-refractivity contribution in [2.75, 3.05) is 0 Å². The molecule has 3 nitrogen and oxygen atoms in total. The van der Waals surface area contributed by atoms with E-state index in [1.165, 1.54) is 6.08 Å². The minimum atomic E-state index is -0.463. The Labute approximate surface area is 92.7 Å². The van der Waals surface area contributed by atoms with Crippen molar-refractivity contribution in [2.24, 2.45) is 11.1 Å². The Hall–Kier alpha value is -0.990. The Morgan fingerprint density at radius 1 is 1.20 bits per heavy atom. The molecule has 0 unspecified atom stereocenters. The molecule has 0 aromatic heterocycles. The van der Waals surface area contributed by atoms with Gasteiger partial charge >= 0.3 is 5.97 Å². The SMILES string of the molecule is CC(C)(C)CC(N)=CC(=O)OC(C)(C)C. The molecule has 0 spiro atoms. The van der Waals surface area contributed by atoms with E-state index in [2.05, 4.69) is 20.8 Å². The van der Waals surface area contributed by atoms with Crippen LogP contribution < -0.4 is 5.73 Å². The number of esters is 1. The molecule has 0 bridgehead atoms. The summed E-state index contributed by atoms with van der Waals surface area (Å²) in [6.45, 7) is 11.7. The Morgan fingerprint density at radius 3 is 2.00 bits per heavy atom. The second kappa shape index (κ2) is 4.69. The monoisotopic (exact) mass is 213 g/mol. The third-order valence-electron chi connectivity index (χ3n) is 1.44. The summed E-state index contributed by atoms with van der Waals surface area (Å²) >= 11 is 0. The first-order chi connectivity index (χ1) is 6.49. The van der Waals surface area contributed by atoms with Crippen LogP contribution in [0.3, 0.4) is 0 Å². The Morgan fingerprint density at radius 2 is 1.67 bits per heavy atom. The highest BCUT2D eigenvalue weighted by atomic mass is 16.6. The smallest absolute Gasteiger partial charge is 0.333 e. The lowest BCUT2D eigenvalue weighted by Crippen LogP contribution is -2.23. The molecule has 0 amide bonds. The van der Waals surface area contributed by atoms with Crippen LogP contribution in [0.1, 0.15) is 48.0 Å². The minimum Gasteiger partial charge on any atom is -0.457 e. The van der Waals surface area contributed by atoms with Crippen LogP contribution >= 0.6 is 0 Å². The summed E-state index contributed by atoms with van der Waals surface area (Å²) in [6.07, 6.45) is 2.06. The predicted octanol–water partition coefficient (Wildman–Crippen LogP) is 2.61. The molecule has 0 aliphatic rings. The molecule has 0 fully saturated rings. The van der Waals surface area contributed by atoms with Crippen molar-refractivity contribution < 1.29 is 9.53 Å². The zero-order valence-electron chi connectivity index (χ0n) is 10.7. The van der Waals surface area contributed by atoms with Crippen LogP contribution in [0.5, 0.6) is 0 Å². The van der Waals surface area contributed by atoms with Crippen LogP contribution in [0, 0.1) is 5.41 Å². The molecule has 0 aliphatic heterocycles. The van der Waals surface area contributed by atoms with Crippen LogP contribution in [0.25, 0.3) is 0 Å². The average molecular weight is 213 g/mol. The fourth-order valence-electron chi connectivity index (χ4n) is 1.15. The highest BCUT2D eigenvalue weighted by Crippen LogP contribution is 2.21. The van der Waals surface area contributed by atoms with Gasteiger partial charge in [-0.1, -0.05) is 20.8 Å². The largest absolute Gasteiger partial charge is 0.457 e. The Balaban J connectivity index is 4.31. The van der Waals surface area contributed by atoms with Crippen molar-refractivity contribution in [2.45, 2.75) is 53.6 Å². The van der Waals surface area contributed by atoms with Crippen molar-refractivity contribution >= 4 is 5.97 Å². The summed E-state index contributed by atoms with van der Waals surface area (Å²) in [4.78, 5) is 11.4. The molecule has 15 heavy (non-hydrogen) atoms. The van der Waals surface area contributed by atoms with Gasteiger partial charge in [0.1, 0.15) is 5.60 Å². The summed E-state index contributed by atoms with van der Waals surface area (Å²) in [5, 5.41) is 0. The van der Waals surface area contributed by atoms with Crippen LogP contribution in [0.2, 0.25) is 0 Å². The highest BCUT2D eigenvalue weighted by Gasteiger charge is 2.16. The molecule has 2 N–H and O–H groups in total. The number of ether oxygens (including phenoxy) is 1. The standard InChI is InChI=1S/C12H23NO2/c1-11(2,3)8-9(13)7-10(14)15-12(4,5)6/h7H,8,13H2,1-6H3. The summed E-state index contributed by atoms with van der Waals surface area (Å²) in [6, 6.07) is 0. The Kier molecular flexibility index (Phi) is 4.38. The predicted molar refractivity (Wildman–Crippen MR) is 62.2 cm³/mol. The van der Waals surface area contributed by atoms with E-state index < -0.39 is 5.60 Å². The number of carbonyl (C=O) groups is 1. The van der Waals surface area contributed by atoms with Crippen LogP contribution in [0.4, 0.5) is 0 Å². The molecular weight excluding hydrogens is 190 g/mol. The van der Waals surface area contributed by atoms with Gasteiger partial charge in [0.15, 0.2) is 0 Å². The number of rotatable bonds is 2. The van der Waals surface area contributed by atoms with Gasteiger partial charge in [-0.15, -0.1) is 0 Å². The van der Waals surface area contributed by atoms with Gasteiger partial charge in [-0.3, -0.25) is 0 Å². The quantitative estimate of drug-likeness (QED) is 0.566. The van der Waals surface area contributed by atoms with Gasteiger partial charge in [0.05, 0.1) is 0 Å². The van der Waals surface area contributed by atoms with Crippen molar-refractivity contribution in [3.8, 4) is 0 Å². The van der Waals surface area contributed by atoms with Crippen molar-refractivity contribution in [1.29, 1.82) is 0 Å². The van der Waals surface area contributed by atoms with Gasteiger partial charge < -0.3 is 10.5 Å². The molecule has 0 saturated carbocycles. The fraction of sp³-hybridized carbons (Fsp3) is 0.750. The first-order valence-electron chi connectivity index (χ1n) is 5.19. The highest BCUT2D eigenvalue weighted by molar-refractivity contribution is 5.82. The van der Waals surface area contributed by atoms with Gasteiger partial charge in [-0.25, -0.2) is 4.79 Å². The second-order valence-electron chi connectivity index (χ2n) is 5.99. The van der Waals surface area contributed by atoms with Crippen LogP contribution in [0.15, 0.2) is 11.8 Å². The molecule has 3 heteroatoms. The van der Waals surface area contributed by atoms with Gasteiger partial charge in [0, 0.05) is 11.8 Å². The average Bonchev–Trinajstić information content (AvgIpc) is 1.73. The molecule has 0 radical (unpaired) electrons. The van der Waals surface area contributed by atoms with E-state index in [0.29, 0.717) is 12.1 Å². The van der Waals surface area contributed by atoms with Crippen LogP contribution in [-0.4, -0.2) is 11.6 Å². The lowest BCUT2D eigenvalue weighted by molar-refractivity contribution is -0.148. The zero-order valence-corrected chi connectivity index (χ0v) is 10.7. The van der Waals surface area contributed by atoms with E-state index in [1.807, 2.05) is 20.8 Å². The third kappa shape index (κ3) is 9.32. The summed E-state index contributed by atoms with van der Waals surface area (Å²) in [7, 11) is 0. The van der Waals surface area contributed by atoms with E-state index in [9.17, 15) is 4.79 Å². The first kappa shape index (κ1) is 14.0. The van der Waals surface area contributed by atoms with Crippen molar-refractivity contribution in [3.05, 3.63) is 11.8 Å². The van der Waals surface area contributed by atoms with Crippen LogP contribution in [-0.2, 0) is 9.53 Å². The molecule has 0 saturated heterocycles. The molecule has 88 valence electrons. The van der Waals surface area contributed by atoms with E-state index in [4.69, 9.17) is 10.5 Å². The third-order valence-corrected chi connectivity index (χ3v) is 1.44. The number of nitrogens with two attached hydrogens (primary N) is 1. The molecule has 0 heterocycles. The first-order valence-corrected chi connectivity index (χ1v) is 5.19. The fourth-order valence-corrected chi connectivity index (χ4v) is 1.15. The van der Waals surface area contributed by atoms with Gasteiger partial charge in [-0.2, -0.15) is 0 Å². The lowest BCUT2D eigenvalue weighted by atomic mass is 9.90. The van der Waals surface area contributed by atoms with Gasteiger partial charge in [0.2, 0.25) is 0 Å². The van der Waals surface area contributed by atoms with Crippen molar-refractivity contribution in [3.63, 3.8) is 0 Å². The summed E-state index contributed by atoms with van der Waals surface area (Å²) < 4.78 is 5.13. The zero-order chi connectivity index (χ0) is 12.3. The maximum Gasteiger partial charge on any atom is 0.333 e. The van der Waals surface area contributed by atoms with Gasteiger partial charge in [0.25, 0.3) is 0 Å².